The highest BCUT2D eigenvalue weighted by Gasteiger charge is 2.09. The number of hydrogen-bond acceptors (Lipinski definition) is 5. The number of nitrogens with one attached hydrogen (secondary N) is 2. The van der Waals surface area contributed by atoms with Crippen molar-refractivity contribution in [1.82, 2.24) is 4.98 Å². The topological polar surface area (TPSA) is 111 Å². The summed E-state index contributed by atoms with van der Waals surface area (Å²) in [5.74, 6) is 0.693. The van der Waals surface area contributed by atoms with E-state index in [1.54, 1.807) is 6.92 Å². The van der Waals surface area contributed by atoms with Gasteiger partial charge in [0.15, 0.2) is 0 Å². The zero-order valence-corrected chi connectivity index (χ0v) is 23.1. The predicted molar refractivity (Wildman–Crippen MR) is 162 cm³/mol. The van der Waals surface area contributed by atoms with E-state index >= 15 is 0 Å². The van der Waals surface area contributed by atoms with Gasteiger partial charge in [-0.2, -0.15) is 5.10 Å². The molecule has 7 heteroatoms. The Morgan fingerprint density at radius 3 is 2.40 bits per heavy atom. The lowest BCUT2D eigenvalue weighted by atomic mass is 10.0. The van der Waals surface area contributed by atoms with E-state index in [1.807, 2.05) is 61.7 Å². The first-order valence-electron chi connectivity index (χ1n) is 13.7. The lowest BCUT2D eigenvalue weighted by Gasteiger charge is -2.09. The second kappa shape index (κ2) is 14.0. The van der Waals surface area contributed by atoms with Gasteiger partial charge in [-0.25, -0.2) is 0 Å². The number of aliphatic carboxylic acids is 1. The molecule has 0 unspecified atom stereocenters. The smallest absolute Gasteiger partial charge is 0.303 e. The van der Waals surface area contributed by atoms with Gasteiger partial charge in [0.1, 0.15) is 17.2 Å². The van der Waals surface area contributed by atoms with Gasteiger partial charge in [-0.3, -0.25) is 4.79 Å². The van der Waals surface area contributed by atoms with Gasteiger partial charge in [0.05, 0.1) is 5.71 Å². The third-order valence-corrected chi connectivity index (χ3v) is 6.63. The van der Waals surface area contributed by atoms with Crippen molar-refractivity contribution in [1.29, 1.82) is 5.41 Å². The van der Waals surface area contributed by atoms with Crippen LogP contribution in [0.25, 0.3) is 10.9 Å². The zero-order chi connectivity index (χ0) is 28.3. The molecular weight excluding hydrogens is 500 g/mol. The molecule has 0 atom stereocenters. The molecule has 0 bridgehead atoms. The number of H-pyrrole nitrogens is 1. The summed E-state index contributed by atoms with van der Waals surface area (Å²) in [6.07, 6.45) is 7.65. The van der Waals surface area contributed by atoms with Gasteiger partial charge in [-0.05, 0) is 80.6 Å². The van der Waals surface area contributed by atoms with Crippen molar-refractivity contribution >= 4 is 34.0 Å². The van der Waals surface area contributed by atoms with E-state index in [0.29, 0.717) is 23.6 Å². The summed E-state index contributed by atoms with van der Waals surface area (Å²) in [5, 5.41) is 27.0. The number of unbranched alkanes of at least 4 members (excludes halogenated alkanes) is 3. The third kappa shape index (κ3) is 8.50. The van der Waals surface area contributed by atoms with Crippen LogP contribution in [0.1, 0.15) is 62.6 Å². The number of nitrogens with zero attached hydrogens (tertiary/aromatic N) is 2. The molecule has 0 spiro atoms. The maximum Gasteiger partial charge on any atom is 0.303 e. The summed E-state index contributed by atoms with van der Waals surface area (Å²) >= 11 is 0. The Morgan fingerprint density at radius 1 is 0.875 bits per heavy atom. The Balaban J connectivity index is 1.35. The number of carboxylic acids is 1. The highest BCUT2D eigenvalue weighted by Crippen LogP contribution is 2.26. The van der Waals surface area contributed by atoms with Gasteiger partial charge in [0.25, 0.3) is 0 Å². The number of aryl methyl sites for hydroxylation is 1. The highest BCUT2D eigenvalue weighted by atomic mass is 16.5. The molecule has 4 aromatic rings. The summed E-state index contributed by atoms with van der Waals surface area (Å²) in [4.78, 5) is 13.8. The van der Waals surface area contributed by atoms with E-state index in [0.717, 1.165) is 65.6 Å². The van der Waals surface area contributed by atoms with Crippen LogP contribution in [0.4, 0.5) is 0 Å². The van der Waals surface area contributed by atoms with Crippen molar-refractivity contribution in [2.45, 2.75) is 58.8 Å². The van der Waals surface area contributed by atoms with E-state index in [9.17, 15) is 4.79 Å². The molecule has 7 nitrogen and oxygen atoms in total. The molecular formula is C33H36N4O3. The average molecular weight is 537 g/mol. The van der Waals surface area contributed by atoms with E-state index in [1.165, 1.54) is 5.56 Å². The van der Waals surface area contributed by atoms with Crippen LogP contribution >= 0.6 is 0 Å². The summed E-state index contributed by atoms with van der Waals surface area (Å²) in [6, 6.07) is 24.0. The standard InChI is InChI=1S/C33H36N4O3/c1-23(20-26-14-12-25(13-15-26)8-5-3-4-6-11-32(38)39)36-37-33(24(2)34)28-9-7-10-29(22-28)40-30-16-17-31-27(21-30)18-19-35-31/h7,9-10,12-19,21-22,34-35H,3-6,8,11,20H2,1-2H3,(H,38,39)/b34-24?,36-23+,37-33+. The van der Waals surface area contributed by atoms with Crippen LogP contribution < -0.4 is 4.74 Å². The van der Waals surface area contributed by atoms with Crippen LogP contribution in [0.3, 0.4) is 0 Å². The molecule has 0 aliphatic heterocycles. The van der Waals surface area contributed by atoms with Gasteiger partial charge in [0.2, 0.25) is 0 Å². The molecule has 3 N–H and O–H groups in total. The fraction of sp³-hybridized carbons (Fsp3) is 0.273. The Morgan fingerprint density at radius 2 is 1.62 bits per heavy atom. The molecule has 1 aromatic heterocycles. The normalized spacial score (nSPS) is 12.1. The molecule has 0 amide bonds. The van der Waals surface area contributed by atoms with Crippen molar-refractivity contribution in [3.8, 4) is 11.5 Å². The number of aromatic amines is 1. The number of aromatic nitrogens is 1. The Labute approximate surface area is 235 Å². The molecule has 0 aliphatic rings. The number of fused-ring (bicyclic) bond motifs is 1. The predicted octanol–water partition coefficient (Wildman–Crippen LogP) is 7.99. The van der Waals surface area contributed by atoms with Crippen LogP contribution in [-0.4, -0.2) is 33.2 Å². The first kappa shape index (κ1) is 28.5. The second-order valence-electron chi connectivity index (χ2n) is 10.1. The molecule has 0 saturated carbocycles. The van der Waals surface area contributed by atoms with Gasteiger partial charge in [-0.15, -0.1) is 5.10 Å². The highest BCUT2D eigenvalue weighted by molar-refractivity contribution is 6.46. The van der Waals surface area contributed by atoms with Crippen LogP contribution in [0, 0.1) is 5.41 Å². The summed E-state index contributed by atoms with van der Waals surface area (Å²) < 4.78 is 6.09. The van der Waals surface area contributed by atoms with Crippen molar-refractivity contribution in [3.05, 3.63) is 95.7 Å². The molecule has 0 radical (unpaired) electrons. The van der Waals surface area contributed by atoms with Gasteiger partial charge in [0, 0.05) is 41.2 Å². The number of hydrogen-bond donors (Lipinski definition) is 3. The van der Waals surface area contributed by atoms with E-state index < -0.39 is 5.97 Å². The minimum Gasteiger partial charge on any atom is -0.481 e. The quantitative estimate of drug-likeness (QED) is 0.0862. The number of carbonyl (C=O) groups is 1. The summed E-state index contributed by atoms with van der Waals surface area (Å²) in [6.45, 7) is 3.66. The van der Waals surface area contributed by atoms with E-state index in [2.05, 4.69) is 39.5 Å². The summed E-state index contributed by atoms with van der Waals surface area (Å²) in [7, 11) is 0. The Kier molecular flexibility index (Phi) is 9.99. The van der Waals surface area contributed by atoms with Crippen LogP contribution in [0.15, 0.2) is 89.2 Å². The SMILES string of the molecule is CC(=N)/C(=N\N=C(/C)Cc1ccc(CCCCCCC(=O)O)cc1)c1cccc(Oc2ccc3[nH]ccc3c2)c1. The lowest BCUT2D eigenvalue weighted by Crippen LogP contribution is -2.11. The van der Waals surface area contributed by atoms with Crippen molar-refractivity contribution in [2.24, 2.45) is 10.2 Å². The van der Waals surface area contributed by atoms with E-state index in [4.69, 9.17) is 15.3 Å². The first-order valence-corrected chi connectivity index (χ1v) is 13.7. The van der Waals surface area contributed by atoms with Gasteiger partial charge < -0.3 is 20.2 Å². The van der Waals surface area contributed by atoms with E-state index in [-0.39, 0.29) is 6.42 Å². The molecule has 0 aliphatic carbocycles. The minimum atomic E-state index is -0.717. The minimum absolute atomic E-state index is 0.257. The molecule has 1 heterocycles. The molecule has 0 saturated heterocycles. The first-order chi connectivity index (χ1) is 19.4. The van der Waals surface area contributed by atoms with Crippen molar-refractivity contribution in [3.63, 3.8) is 0 Å². The fourth-order valence-electron chi connectivity index (χ4n) is 4.54. The number of ether oxygens (including phenoxy) is 1. The van der Waals surface area contributed by atoms with Crippen molar-refractivity contribution < 1.29 is 14.6 Å². The van der Waals surface area contributed by atoms with Gasteiger partial charge in [-0.1, -0.05) is 49.2 Å². The van der Waals surface area contributed by atoms with Gasteiger partial charge >= 0.3 is 5.97 Å². The van der Waals surface area contributed by atoms with Crippen LogP contribution in [-0.2, 0) is 17.6 Å². The zero-order valence-electron chi connectivity index (χ0n) is 23.1. The monoisotopic (exact) mass is 536 g/mol. The maximum absolute atomic E-state index is 10.6. The number of rotatable bonds is 14. The number of carboxylic acid groups (broad SMARTS) is 1. The number of benzene rings is 3. The lowest BCUT2D eigenvalue weighted by molar-refractivity contribution is -0.137. The average Bonchev–Trinajstić information content (AvgIpc) is 3.39. The molecule has 3 aromatic carbocycles. The Hall–Kier alpha value is -4.52. The maximum atomic E-state index is 10.6. The Bertz CT molecular complexity index is 1520. The molecule has 206 valence electrons. The largest absolute Gasteiger partial charge is 0.481 e. The summed E-state index contributed by atoms with van der Waals surface area (Å²) in [5.41, 5.74) is 5.96. The van der Waals surface area contributed by atoms with Crippen LogP contribution in [0.2, 0.25) is 0 Å². The van der Waals surface area contributed by atoms with Crippen LogP contribution in [0.5, 0.6) is 11.5 Å². The third-order valence-electron chi connectivity index (χ3n) is 6.63. The molecule has 40 heavy (non-hydrogen) atoms. The second-order valence-corrected chi connectivity index (χ2v) is 10.1. The fourth-order valence-corrected chi connectivity index (χ4v) is 4.54. The molecule has 4 rings (SSSR count). The molecule has 0 fully saturated rings. The van der Waals surface area contributed by atoms with Crippen molar-refractivity contribution in [2.75, 3.05) is 0 Å².